The zero-order valence-electron chi connectivity index (χ0n) is 11.3. The van der Waals surface area contributed by atoms with Crippen LogP contribution >= 0.6 is 15.9 Å². The molecule has 0 amide bonds. The molecule has 0 bridgehead atoms. The molecule has 1 aromatic rings. The van der Waals surface area contributed by atoms with E-state index >= 15 is 0 Å². The first kappa shape index (κ1) is 14.5. The third-order valence-corrected chi connectivity index (χ3v) is 2.99. The van der Waals surface area contributed by atoms with Gasteiger partial charge in [0.1, 0.15) is 5.82 Å². The summed E-state index contributed by atoms with van der Waals surface area (Å²) in [7, 11) is 2.07. The number of nitrogens with one attached hydrogen (secondary N) is 1. The normalized spacial score (nSPS) is 11.6. The minimum absolute atomic E-state index is 0.115. The number of pyridine rings is 1. The van der Waals surface area contributed by atoms with Gasteiger partial charge in [0.05, 0.1) is 0 Å². The largest absolute Gasteiger partial charge is 0.360 e. The Kier molecular flexibility index (Phi) is 4.95. The van der Waals surface area contributed by atoms with Gasteiger partial charge in [-0.3, -0.25) is 0 Å². The molecule has 0 aromatic carbocycles. The fourth-order valence-corrected chi connectivity index (χ4v) is 1.84. The fourth-order valence-electron chi connectivity index (χ4n) is 1.46. The van der Waals surface area contributed by atoms with Crippen LogP contribution in [0.25, 0.3) is 0 Å². The van der Waals surface area contributed by atoms with Crippen LogP contribution in [0.15, 0.2) is 16.7 Å². The van der Waals surface area contributed by atoms with Gasteiger partial charge in [-0.15, -0.1) is 0 Å². The third kappa shape index (κ3) is 4.64. The van der Waals surface area contributed by atoms with Crippen LogP contribution in [-0.4, -0.2) is 24.1 Å². The molecule has 0 aliphatic rings. The molecule has 0 fully saturated rings. The Morgan fingerprint density at radius 3 is 2.59 bits per heavy atom. The van der Waals surface area contributed by atoms with E-state index in [0.717, 1.165) is 23.4 Å². The van der Waals surface area contributed by atoms with Crippen LogP contribution in [0.3, 0.4) is 0 Å². The van der Waals surface area contributed by atoms with Crippen LogP contribution in [-0.2, 0) is 6.54 Å². The Morgan fingerprint density at radius 2 is 2.06 bits per heavy atom. The molecule has 1 rings (SSSR count). The maximum absolute atomic E-state index is 4.49. The van der Waals surface area contributed by atoms with E-state index in [1.54, 1.807) is 0 Å². The maximum Gasteiger partial charge on any atom is 0.132 e. The van der Waals surface area contributed by atoms with Gasteiger partial charge in [-0.05, 0) is 49.7 Å². The van der Waals surface area contributed by atoms with Gasteiger partial charge in [-0.2, -0.15) is 0 Å². The molecule has 1 aromatic heterocycles. The molecule has 0 saturated heterocycles. The highest BCUT2D eigenvalue weighted by atomic mass is 79.9. The molecule has 4 heteroatoms. The second kappa shape index (κ2) is 5.83. The molecule has 0 aliphatic carbocycles. The van der Waals surface area contributed by atoms with Crippen LogP contribution in [0.2, 0.25) is 0 Å². The summed E-state index contributed by atoms with van der Waals surface area (Å²) < 4.78 is 1.02. The van der Waals surface area contributed by atoms with E-state index in [9.17, 15) is 0 Å². The highest BCUT2D eigenvalue weighted by Crippen LogP contribution is 2.21. The van der Waals surface area contributed by atoms with Crippen molar-refractivity contribution in [3.63, 3.8) is 0 Å². The maximum atomic E-state index is 4.49. The van der Waals surface area contributed by atoms with E-state index in [0.29, 0.717) is 0 Å². The molecule has 0 atom stereocenters. The van der Waals surface area contributed by atoms with E-state index in [2.05, 4.69) is 71.9 Å². The van der Waals surface area contributed by atoms with Gasteiger partial charge >= 0.3 is 0 Å². The van der Waals surface area contributed by atoms with Crippen LogP contribution < -0.4 is 10.2 Å². The summed E-state index contributed by atoms with van der Waals surface area (Å²) in [5.74, 6) is 1.05. The molecule has 0 unspecified atom stereocenters. The van der Waals surface area contributed by atoms with Crippen molar-refractivity contribution in [2.45, 2.75) is 39.8 Å². The smallest absolute Gasteiger partial charge is 0.132 e. The number of anilines is 1. The number of aromatic nitrogens is 1. The van der Waals surface area contributed by atoms with E-state index in [1.165, 1.54) is 5.56 Å². The van der Waals surface area contributed by atoms with Crippen molar-refractivity contribution < 1.29 is 0 Å². The lowest BCUT2D eigenvalue weighted by molar-refractivity contribution is 0.424. The van der Waals surface area contributed by atoms with Crippen molar-refractivity contribution in [1.82, 2.24) is 10.3 Å². The van der Waals surface area contributed by atoms with Crippen LogP contribution in [0, 0.1) is 0 Å². The summed E-state index contributed by atoms with van der Waals surface area (Å²) in [6, 6.07) is 2.13. The first-order valence-electron chi connectivity index (χ1n) is 5.94. The monoisotopic (exact) mass is 299 g/mol. The Balaban J connectivity index is 2.91. The number of hydrogen-bond donors (Lipinski definition) is 1. The van der Waals surface area contributed by atoms with E-state index in [1.807, 2.05) is 6.20 Å². The molecule has 3 nitrogen and oxygen atoms in total. The zero-order valence-corrected chi connectivity index (χ0v) is 12.9. The highest BCUT2D eigenvalue weighted by molar-refractivity contribution is 9.10. The zero-order chi connectivity index (χ0) is 13.1. The quantitative estimate of drug-likeness (QED) is 0.925. The summed E-state index contributed by atoms with van der Waals surface area (Å²) in [6.45, 7) is 10.4. The van der Waals surface area contributed by atoms with E-state index < -0.39 is 0 Å². The van der Waals surface area contributed by atoms with Crippen LogP contribution in [0.4, 0.5) is 5.82 Å². The first-order chi connectivity index (χ1) is 7.83. The number of halogens is 1. The summed E-state index contributed by atoms with van der Waals surface area (Å²) in [6.07, 6.45) is 1.85. The molecule has 17 heavy (non-hydrogen) atoms. The minimum Gasteiger partial charge on any atom is -0.360 e. The lowest BCUT2D eigenvalue weighted by Crippen LogP contribution is -2.35. The molecule has 1 heterocycles. The molecule has 0 spiro atoms. The SMILES string of the molecule is CCN(C)c1ncc(Br)cc1CNC(C)(C)C. The van der Waals surface area contributed by atoms with Crippen molar-refractivity contribution in [3.8, 4) is 0 Å². The molecule has 0 radical (unpaired) electrons. The standard InChI is InChI=1S/C13H22BrN3/c1-6-17(5)12-10(7-11(14)9-15-12)8-16-13(2,3)4/h7,9,16H,6,8H2,1-5H3. The summed E-state index contributed by atoms with van der Waals surface area (Å²) in [5.41, 5.74) is 1.34. The lowest BCUT2D eigenvalue weighted by Gasteiger charge is -2.24. The predicted octanol–water partition coefficient (Wildman–Crippen LogP) is 3.19. The lowest BCUT2D eigenvalue weighted by atomic mass is 10.1. The van der Waals surface area contributed by atoms with E-state index in [4.69, 9.17) is 0 Å². The molecular weight excluding hydrogens is 278 g/mol. The minimum atomic E-state index is 0.115. The Morgan fingerprint density at radius 1 is 1.41 bits per heavy atom. The number of rotatable bonds is 4. The Hall–Kier alpha value is -0.610. The van der Waals surface area contributed by atoms with Crippen LogP contribution in [0.1, 0.15) is 33.3 Å². The van der Waals surface area contributed by atoms with Gasteiger partial charge in [0.2, 0.25) is 0 Å². The number of hydrogen-bond acceptors (Lipinski definition) is 3. The molecule has 96 valence electrons. The highest BCUT2D eigenvalue weighted by Gasteiger charge is 2.13. The van der Waals surface area contributed by atoms with Gasteiger partial charge in [-0.25, -0.2) is 4.98 Å². The Labute approximate surface area is 113 Å². The van der Waals surface area contributed by atoms with Gasteiger partial charge in [0, 0.05) is 41.9 Å². The number of nitrogens with zero attached hydrogens (tertiary/aromatic N) is 2. The van der Waals surface area contributed by atoms with Crippen molar-refractivity contribution in [2.24, 2.45) is 0 Å². The fraction of sp³-hybridized carbons (Fsp3) is 0.615. The summed E-state index contributed by atoms with van der Waals surface area (Å²) in [5, 5.41) is 3.50. The summed E-state index contributed by atoms with van der Waals surface area (Å²) >= 11 is 3.48. The van der Waals surface area contributed by atoms with Crippen molar-refractivity contribution in [3.05, 3.63) is 22.3 Å². The van der Waals surface area contributed by atoms with Gasteiger partial charge < -0.3 is 10.2 Å². The van der Waals surface area contributed by atoms with Crippen molar-refractivity contribution >= 4 is 21.7 Å². The topological polar surface area (TPSA) is 28.2 Å². The average molecular weight is 300 g/mol. The molecule has 0 aliphatic heterocycles. The van der Waals surface area contributed by atoms with Crippen molar-refractivity contribution in [2.75, 3.05) is 18.5 Å². The van der Waals surface area contributed by atoms with Gasteiger partial charge in [0.25, 0.3) is 0 Å². The second-order valence-electron chi connectivity index (χ2n) is 5.25. The van der Waals surface area contributed by atoms with Crippen molar-refractivity contribution in [1.29, 1.82) is 0 Å². The predicted molar refractivity (Wildman–Crippen MR) is 77.5 cm³/mol. The Bertz CT molecular complexity index is 371. The van der Waals surface area contributed by atoms with Crippen LogP contribution in [0.5, 0.6) is 0 Å². The van der Waals surface area contributed by atoms with Gasteiger partial charge in [0.15, 0.2) is 0 Å². The molecule has 0 saturated carbocycles. The van der Waals surface area contributed by atoms with E-state index in [-0.39, 0.29) is 5.54 Å². The molecule has 1 N–H and O–H groups in total. The summed E-state index contributed by atoms with van der Waals surface area (Å²) in [4.78, 5) is 6.65. The first-order valence-corrected chi connectivity index (χ1v) is 6.73. The second-order valence-corrected chi connectivity index (χ2v) is 6.17. The molecular formula is C13H22BrN3. The average Bonchev–Trinajstić information content (AvgIpc) is 2.24. The third-order valence-electron chi connectivity index (χ3n) is 2.55. The van der Waals surface area contributed by atoms with Gasteiger partial charge in [-0.1, -0.05) is 0 Å².